The lowest BCUT2D eigenvalue weighted by molar-refractivity contribution is 1.07. The van der Waals surface area contributed by atoms with Crippen molar-refractivity contribution < 1.29 is 0 Å². The molecule has 0 saturated heterocycles. The fourth-order valence-corrected chi connectivity index (χ4v) is 1.31. The van der Waals surface area contributed by atoms with Gasteiger partial charge in [0, 0.05) is 6.54 Å². The van der Waals surface area contributed by atoms with Crippen LogP contribution in [0, 0.1) is 0 Å². The van der Waals surface area contributed by atoms with Crippen LogP contribution in [-0.2, 0) is 6.54 Å². The number of benzene rings is 2. The van der Waals surface area contributed by atoms with Crippen LogP contribution in [0.3, 0.4) is 0 Å². The lowest BCUT2D eigenvalue weighted by Crippen LogP contribution is -1.94. The summed E-state index contributed by atoms with van der Waals surface area (Å²) in [4.78, 5) is 0. The molecular formula is C13H13N3. The van der Waals surface area contributed by atoms with Crippen LogP contribution in [0.5, 0.6) is 0 Å². The molecule has 0 aliphatic carbocycles. The largest absolute Gasteiger partial charge is 0.326 e. The third kappa shape index (κ3) is 2.74. The Kier molecular flexibility index (Phi) is 3.41. The van der Waals surface area contributed by atoms with E-state index >= 15 is 0 Å². The molecule has 0 bridgehead atoms. The fraction of sp³-hybridized carbons (Fsp3) is 0.0769. The molecule has 0 fully saturated rings. The predicted molar refractivity (Wildman–Crippen MR) is 65.0 cm³/mol. The topological polar surface area (TPSA) is 50.7 Å². The summed E-state index contributed by atoms with van der Waals surface area (Å²) >= 11 is 0. The molecule has 0 atom stereocenters. The lowest BCUT2D eigenvalue weighted by Gasteiger charge is -1.96. The van der Waals surface area contributed by atoms with E-state index in [9.17, 15) is 0 Å². The van der Waals surface area contributed by atoms with Gasteiger partial charge in [-0.2, -0.15) is 10.2 Å². The Balaban J connectivity index is 2.12. The molecule has 3 nitrogen and oxygen atoms in total. The first-order valence-corrected chi connectivity index (χ1v) is 5.14. The first kappa shape index (κ1) is 10.5. The predicted octanol–water partition coefficient (Wildman–Crippen LogP) is 3.56. The van der Waals surface area contributed by atoms with Crippen LogP contribution >= 0.6 is 0 Å². The molecule has 0 amide bonds. The van der Waals surface area contributed by atoms with Gasteiger partial charge in [0.05, 0.1) is 11.4 Å². The maximum absolute atomic E-state index is 5.51. The van der Waals surface area contributed by atoms with Crippen molar-refractivity contribution >= 4 is 11.4 Å². The second-order valence-corrected chi connectivity index (χ2v) is 3.41. The number of nitrogens with two attached hydrogens (primary N) is 1. The number of azo groups is 1. The number of hydrogen-bond donors (Lipinski definition) is 1. The lowest BCUT2D eigenvalue weighted by atomic mass is 10.2. The van der Waals surface area contributed by atoms with Gasteiger partial charge in [0.15, 0.2) is 0 Å². The molecule has 0 heterocycles. The summed E-state index contributed by atoms with van der Waals surface area (Å²) in [7, 11) is 0. The van der Waals surface area contributed by atoms with E-state index in [0.29, 0.717) is 6.54 Å². The van der Waals surface area contributed by atoms with Gasteiger partial charge in [0.25, 0.3) is 0 Å². The molecule has 0 aromatic heterocycles. The van der Waals surface area contributed by atoms with Gasteiger partial charge in [-0.25, -0.2) is 0 Å². The molecule has 0 spiro atoms. The van der Waals surface area contributed by atoms with Gasteiger partial charge < -0.3 is 5.73 Å². The molecule has 0 aliphatic rings. The van der Waals surface area contributed by atoms with Crippen LogP contribution < -0.4 is 5.73 Å². The Morgan fingerprint density at radius 2 is 1.31 bits per heavy atom. The number of rotatable bonds is 3. The fourth-order valence-electron chi connectivity index (χ4n) is 1.31. The molecule has 2 aromatic rings. The minimum atomic E-state index is 0.552. The van der Waals surface area contributed by atoms with Gasteiger partial charge in [-0.3, -0.25) is 0 Å². The quantitative estimate of drug-likeness (QED) is 0.775. The molecule has 80 valence electrons. The smallest absolute Gasteiger partial charge is 0.0857 e. The zero-order chi connectivity index (χ0) is 11.2. The Labute approximate surface area is 94.6 Å². The van der Waals surface area contributed by atoms with Crippen molar-refractivity contribution in [3.8, 4) is 0 Å². The summed E-state index contributed by atoms with van der Waals surface area (Å²) in [6, 6.07) is 17.4. The highest BCUT2D eigenvalue weighted by Crippen LogP contribution is 2.17. The maximum Gasteiger partial charge on any atom is 0.0857 e. The highest BCUT2D eigenvalue weighted by Gasteiger charge is 1.91. The third-order valence-corrected chi connectivity index (χ3v) is 2.21. The van der Waals surface area contributed by atoms with Crippen molar-refractivity contribution in [2.75, 3.05) is 0 Å². The SMILES string of the molecule is NCc1ccc(N=Nc2ccccc2)cc1. The second kappa shape index (κ2) is 5.19. The Morgan fingerprint density at radius 3 is 1.88 bits per heavy atom. The van der Waals surface area contributed by atoms with Gasteiger partial charge in [0.2, 0.25) is 0 Å². The van der Waals surface area contributed by atoms with E-state index in [0.717, 1.165) is 16.9 Å². The average Bonchev–Trinajstić information content (AvgIpc) is 2.38. The summed E-state index contributed by atoms with van der Waals surface area (Å²) in [5, 5.41) is 8.26. The zero-order valence-electron chi connectivity index (χ0n) is 8.88. The Bertz CT molecular complexity index is 460. The van der Waals surface area contributed by atoms with Gasteiger partial charge in [-0.05, 0) is 29.8 Å². The van der Waals surface area contributed by atoms with Crippen molar-refractivity contribution in [2.45, 2.75) is 6.54 Å². The summed E-state index contributed by atoms with van der Waals surface area (Å²) in [6.45, 7) is 0.552. The molecular weight excluding hydrogens is 198 g/mol. The van der Waals surface area contributed by atoms with Crippen molar-refractivity contribution in [2.24, 2.45) is 16.0 Å². The molecule has 2 N–H and O–H groups in total. The summed E-state index contributed by atoms with van der Waals surface area (Å²) in [5.74, 6) is 0. The van der Waals surface area contributed by atoms with Crippen molar-refractivity contribution in [1.82, 2.24) is 0 Å². The normalized spacial score (nSPS) is 10.8. The van der Waals surface area contributed by atoms with Gasteiger partial charge in [-0.1, -0.05) is 30.3 Å². The first-order chi connectivity index (χ1) is 7.88. The van der Waals surface area contributed by atoms with Crippen LogP contribution in [0.15, 0.2) is 64.8 Å². The van der Waals surface area contributed by atoms with Crippen LogP contribution in [-0.4, -0.2) is 0 Å². The van der Waals surface area contributed by atoms with Gasteiger partial charge in [0.1, 0.15) is 0 Å². The van der Waals surface area contributed by atoms with E-state index in [2.05, 4.69) is 10.2 Å². The first-order valence-electron chi connectivity index (χ1n) is 5.14. The third-order valence-electron chi connectivity index (χ3n) is 2.21. The van der Waals surface area contributed by atoms with E-state index in [-0.39, 0.29) is 0 Å². The van der Waals surface area contributed by atoms with Crippen molar-refractivity contribution in [1.29, 1.82) is 0 Å². The molecule has 2 rings (SSSR count). The van der Waals surface area contributed by atoms with Crippen LogP contribution in [0.2, 0.25) is 0 Å². The van der Waals surface area contributed by atoms with Gasteiger partial charge in [-0.15, -0.1) is 0 Å². The number of nitrogens with zero attached hydrogens (tertiary/aromatic N) is 2. The molecule has 0 radical (unpaired) electrons. The highest BCUT2D eigenvalue weighted by molar-refractivity contribution is 5.40. The van der Waals surface area contributed by atoms with Crippen molar-refractivity contribution in [3.05, 3.63) is 60.2 Å². The monoisotopic (exact) mass is 211 g/mol. The van der Waals surface area contributed by atoms with E-state index < -0.39 is 0 Å². The van der Waals surface area contributed by atoms with E-state index in [1.165, 1.54) is 0 Å². The molecule has 0 aliphatic heterocycles. The zero-order valence-corrected chi connectivity index (χ0v) is 8.88. The van der Waals surface area contributed by atoms with E-state index in [4.69, 9.17) is 5.73 Å². The molecule has 3 heteroatoms. The Hall–Kier alpha value is -2.00. The Morgan fingerprint density at radius 1 is 0.750 bits per heavy atom. The minimum Gasteiger partial charge on any atom is -0.326 e. The summed E-state index contributed by atoms with van der Waals surface area (Å²) < 4.78 is 0. The molecule has 16 heavy (non-hydrogen) atoms. The standard InChI is InChI=1S/C13H13N3/c14-10-11-6-8-13(9-7-11)16-15-12-4-2-1-3-5-12/h1-9H,10,14H2. The molecule has 0 unspecified atom stereocenters. The number of hydrogen-bond acceptors (Lipinski definition) is 3. The average molecular weight is 211 g/mol. The second-order valence-electron chi connectivity index (χ2n) is 3.41. The van der Waals surface area contributed by atoms with Crippen LogP contribution in [0.25, 0.3) is 0 Å². The van der Waals surface area contributed by atoms with Crippen LogP contribution in [0.4, 0.5) is 11.4 Å². The molecule has 2 aromatic carbocycles. The summed E-state index contributed by atoms with van der Waals surface area (Å²) in [6.07, 6.45) is 0. The van der Waals surface area contributed by atoms with Crippen molar-refractivity contribution in [3.63, 3.8) is 0 Å². The molecule has 0 saturated carbocycles. The van der Waals surface area contributed by atoms with Gasteiger partial charge >= 0.3 is 0 Å². The minimum absolute atomic E-state index is 0.552. The summed E-state index contributed by atoms with van der Waals surface area (Å²) in [5.41, 5.74) is 8.29. The van der Waals surface area contributed by atoms with E-state index in [1.54, 1.807) is 0 Å². The highest BCUT2D eigenvalue weighted by atomic mass is 15.1. The maximum atomic E-state index is 5.51. The van der Waals surface area contributed by atoms with E-state index in [1.807, 2.05) is 54.6 Å². The van der Waals surface area contributed by atoms with Crippen LogP contribution in [0.1, 0.15) is 5.56 Å².